The van der Waals surface area contributed by atoms with Crippen LogP contribution in [0.15, 0.2) is 36.5 Å². The van der Waals surface area contributed by atoms with Gasteiger partial charge in [0.15, 0.2) is 0 Å². The minimum Gasteiger partial charge on any atom is -0.391 e. The summed E-state index contributed by atoms with van der Waals surface area (Å²) in [6.07, 6.45) is 0.430. The molecular formula is C17H15F2N3O3. The molecule has 1 fully saturated rings. The molecular weight excluding hydrogens is 332 g/mol. The van der Waals surface area contributed by atoms with E-state index in [9.17, 15) is 23.5 Å². The summed E-state index contributed by atoms with van der Waals surface area (Å²) in [6.45, 7) is -0.0168. The average molecular weight is 347 g/mol. The van der Waals surface area contributed by atoms with Crippen LogP contribution in [-0.4, -0.2) is 39.5 Å². The molecule has 0 saturated carbocycles. The highest BCUT2D eigenvalue weighted by Crippen LogP contribution is 2.35. The number of aliphatic hydroxyl groups excluding tert-OH is 1. The van der Waals surface area contributed by atoms with E-state index < -0.39 is 35.6 Å². The summed E-state index contributed by atoms with van der Waals surface area (Å²) in [5, 5.41) is 9.92. The SMILES string of the molecule is NC(=O)c1ccc(C(=O)N2C[C@H](O)C[C@H]2c2cc(F)ccc2F)cn1. The lowest BCUT2D eigenvalue weighted by Gasteiger charge is -2.25. The first-order valence-electron chi connectivity index (χ1n) is 7.56. The summed E-state index contributed by atoms with van der Waals surface area (Å²) in [5.74, 6) is -2.51. The molecule has 2 aromatic rings. The Balaban J connectivity index is 1.92. The Bertz CT molecular complexity index is 826. The van der Waals surface area contributed by atoms with Crippen molar-refractivity contribution >= 4 is 11.8 Å². The molecule has 1 aromatic carbocycles. The number of nitrogens with two attached hydrogens (primary N) is 1. The molecule has 2 heterocycles. The Morgan fingerprint density at radius 3 is 2.64 bits per heavy atom. The minimum atomic E-state index is -0.852. The quantitative estimate of drug-likeness (QED) is 0.877. The zero-order chi connectivity index (χ0) is 18.1. The van der Waals surface area contributed by atoms with Crippen molar-refractivity contribution in [2.24, 2.45) is 5.73 Å². The molecule has 3 N–H and O–H groups in total. The molecule has 2 amide bonds. The molecule has 0 spiro atoms. The van der Waals surface area contributed by atoms with Gasteiger partial charge in [-0.15, -0.1) is 0 Å². The van der Waals surface area contributed by atoms with Crippen LogP contribution in [0.5, 0.6) is 0 Å². The third-order valence-corrected chi connectivity index (χ3v) is 4.12. The monoisotopic (exact) mass is 347 g/mol. The highest BCUT2D eigenvalue weighted by atomic mass is 19.1. The lowest BCUT2D eigenvalue weighted by Crippen LogP contribution is -2.32. The number of rotatable bonds is 3. The summed E-state index contributed by atoms with van der Waals surface area (Å²) >= 11 is 0. The second-order valence-corrected chi connectivity index (χ2v) is 5.83. The minimum absolute atomic E-state index is 0.00531. The van der Waals surface area contributed by atoms with Crippen LogP contribution in [0.3, 0.4) is 0 Å². The number of hydrogen-bond acceptors (Lipinski definition) is 4. The van der Waals surface area contributed by atoms with Crippen LogP contribution in [0.2, 0.25) is 0 Å². The number of aliphatic hydroxyl groups is 1. The summed E-state index contributed by atoms with van der Waals surface area (Å²) in [4.78, 5) is 28.8. The van der Waals surface area contributed by atoms with Gasteiger partial charge >= 0.3 is 0 Å². The first kappa shape index (κ1) is 17.0. The van der Waals surface area contributed by atoms with E-state index in [4.69, 9.17) is 5.73 Å². The maximum Gasteiger partial charge on any atom is 0.267 e. The van der Waals surface area contributed by atoms with Gasteiger partial charge in [0, 0.05) is 18.3 Å². The first-order chi connectivity index (χ1) is 11.9. The standard InChI is InChI=1S/C17H15F2N3O3/c18-10-2-3-13(19)12(5-10)15-6-11(23)8-22(15)17(25)9-1-4-14(16(20)24)21-7-9/h1-5,7,11,15,23H,6,8H2,(H2,20,24)/t11-,15+/m1/s1. The molecule has 0 unspecified atom stereocenters. The van der Waals surface area contributed by atoms with E-state index in [0.717, 1.165) is 18.2 Å². The highest BCUT2D eigenvalue weighted by Gasteiger charge is 2.37. The molecule has 6 nitrogen and oxygen atoms in total. The molecule has 130 valence electrons. The van der Waals surface area contributed by atoms with Gasteiger partial charge in [-0.25, -0.2) is 8.78 Å². The topological polar surface area (TPSA) is 96.5 Å². The fraction of sp³-hybridized carbons (Fsp3) is 0.235. The molecule has 0 bridgehead atoms. The van der Waals surface area contributed by atoms with Crippen molar-refractivity contribution in [1.82, 2.24) is 9.88 Å². The second-order valence-electron chi connectivity index (χ2n) is 5.83. The lowest BCUT2D eigenvalue weighted by molar-refractivity contribution is 0.0712. The number of benzene rings is 1. The van der Waals surface area contributed by atoms with Crippen LogP contribution in [0.25, 0.3) is 0 Å². The fourth-order valence-corrected chi connectivity index (χ4v) is 2.94. The number of pyridine rings is 1. The number of primary amides is 1. The molecule has 1 aromatic heterocycles. The predicted octanol–water partition coefficient (Wildman–Crippen LogP) is 1.41. The van der Waals surface area contributed by atoms with Gasteiger partial charge in [-0.3, -0.25) is 14.6 Å². The van der Waals surface area contributed by atoms with Gasteiger partial charge in [-0.1, -0.05) is 0 Å². The van der Waals surface area contributed by atoms with E-state index in [1.165, 1.54) is 23.2 Å². The third kappa shape index (κ3) is 3.34. The van der Waals surface area contributed by atoms with Gasteiger partial charge in [0.25, 0.3) is 11.8 Å². The van der Waals surface area contributed by atoms with E-state index in [1.807, 2.05) is 0 Å². The lowest BCUT2D eigenvalue weighted by atomic mass is 10.0. The van der Waals surface area contributed by atoms with Crippen molar-refractivity contribution in [3.05, 3.63) is 65.0 Å². The second kappa shape index (κ2) is 6.56. The molecule has 0 aliphatic carbocycles. The maximum absolute atomic E-state index is 14.1. The van der Waals surface area contributed by atoms with Crippen LogP contribution in [0, 0.1) is 11.6 Å². The number of hydrogen-bond donors (Lipinski definition) is 2. The number of halogens is 2. The van der Waals surface area contributed by atoms with E-state index in [0.29, 0.717) is 0 Å². The Labute approximate surface area is 141 Å². The molecule has 1 saturated heterocycles. The van der Waals surface area contributed by atoms with Crippen molar-refractivity contribution in [3.63, 3.8) is 0 Å². The summed E-state index contributed by atoms with van der Waals surface area (Å²) < 4.78 is 27.6. The van der Waals surface area contributed by atoms with Crippen molar-refractivity contribution in [1.29, 1.82) is 0 Å². The average Bonchev–Trinajstić information content (AvgIpc) is 2.98. The van der Waals surface area contributed by atoms with Gasteiger partial charge in [0.2, 0.25) is 0 Å². The predicted molar refractivity (Wildman–Crippen MR) is 83.5 cm³/mol. The normalized spacial score (nSPS) is 19.9. The number of nitrogens with zero attached hydrogens (tertiary/aromatic N) is 2. The summed E-state index contributed by atoms with van der Waals surface area (Å²) in [5.41, 5.74) is 5.27. The van der Waals surface area contributed by atoms with E-state index in [2.05, 4.69) is 4.98 Å². The van der Waals surface area contributed by atoms with Gasteiger partial charge in [-0.05, 0) is 36.8 Å². The molecule has 8 heteroatoms. The molecule has 0 radical (unpaired) electrons. The third-order valence-electron chi connectivity index (χ3n) is 4.12. The Hall–Kier alpha value is -2.87. The van der Waals surface area contributed by atoms with Crippen LogP contribution in [0.1, 0.15) is 38.9 Å². The zero-order valence-corrected chi connectivity index (χ0v) is 13.0. The molecule has 1 aliphatic heterocycles. The fourth-order valence-electron chi connectivity index (χ4n) is 2.94. The smallest absolute Gasteiger partial charge is 0.267 e. The number of amides is 2. The van der Waals surface area contributed by atoms with E-state index in [-0.39, 0.29) is 29.8 Å². The molecule has 25 heavy (non-hydrogen) atoms. The van der Waals surface area contributed by atoms with Crippen LogP contribution in [-0.2, 0) is 0 Å². The van der Waals surface area contributed by atoms with Crippen LogP contribution < -0.4 is 5.73 Å². The zero-order valence-electron chi connectivity index (χ0n) is 13.0. The van der Waals surface area contributed by atoms with Gasteiger partial charge in [0.1, 0.15) is 17.3 Å². The largest absolute Gasteiger partial charge is 0.391 e. The Morgan fingerprint density at radius 1 is 1.24 bits per heavy atom. The van der Waals surface area contributed by atoms with Crippen LogP contribution in [0.4, 0.5) is 8.78 Å². The van der Waals surface area contributed by atoms with E-state index >= 15 is 0 Å². The summed E-state index contributed by atoms with van der Waals surface area (Å²) in [6, 6.07) is 4.88. The van der Waals surface area contributed by atoms with E-state index in [1.54, 1.807) is 0 Å². The van der Waals surface area contributed by atoms with Crippen molar-refractivity contribution < 1.29 is 23.5 Å². The Morgan fingerprint density at radius 2 is 2.00 bits per heavy atom. The first-order valence-corrected chi connectivity index (χ1v) is 7.56. The number of likely N-dealkylation sites (tertiary alicyclic amines) is 1. The van der Waals surface area contributed by atoms with Gasteiger partial charge in [0.05, 0.1) is 17.7 Å². The van der Waals surface area contributed by atoms with Crippen molar-refractivity contribution in [3.8, 4) is 0 Å². The van der Waals surface area contributed by atoms with Crippen molar-refractivity contribution in [2.45, 2.75) is 18.6 Å². The molecule has 3 rings (SSSR count). The summed E-state index contributed by atoms with van der Waals surface area (Å²) in [7, 11) is 0. The van der Waals surface area contributed by atoms with Gasteiger partial charge in [-0.2, -0.15) is 0 Å². The highest BCUT2D eigenvalue weighted by molar-refractivity contribution is 5.96. The maximum atomic E-state index is 14.1. The van der Waals surface area contributed by atoms with Gasteiger partial charge < -0.3 is 15.7 Å². The molecule has 2 atom stereocenters. The molecule has 1 aliphatic rings. The number of carbonyl (C=O) groups excluding carboxylic acids is 2. The number of β-amino-alcohol motifs (C(OH)–C–C–N with tert-alkyl or cyclic N) is 1. The number of carbonyl (C=O) groups is 2. The van der Waals surface area contributed by atoms with Crippen molar-refractivity contribution in [2.75, 3.05) is 6.54 Å². The van der Waals surface area contributed by atoms with Crippen LogP contribution >= 0.6 is 0 Å². The number of aromatic nitrogens is 1. The Kier molecular flexibility index (Phi) is 4.45.